The Kier molecular flexibility index (Phi) is 5.16. The molecule has 0 aromatic heterocycles. The molecule has 2 heterocycles. The van der Waals surface area contributed by atoms with Crippen LogP contribution in [0.2, 0.25) is 0 Å². The molecule has 2 aliphatic rings. The van der Waals surface area contributed by atoms with Crippen molar-refractivity contribution in [1.29, 1.82) is 0 Å². The largest absolute Gasteiger partial charge is 0.492 e. The van der Waals surface area contributed by atoms with Crippen molar-refractivity contribution >= 4 is 5.69 Å². The monoisotopic (exact) mass is 354 g/mol. The molecular weight excluding hydrogens is 328 g/mol. The minimum Gasteiger partial charge on any atom is -0.492 e. The lowest BCUT2D eigenvalue weighted by atomic mass is 10.1. The molecule has 138 valence electrons. The van der Waals surface area contributed by atoms with Crippen molar-refractivity contribution in [3.05, 3.63) is 48.0 Å². The molecule has 0 radical (unpaired) electrons. The number of hydrogen-bond acceptors (Lipinski definition) is 5. The topological polar surface area (TPSA) is 34.2 Å². The second-order valence-electron chi connectivity index (χ2n) is 6.67. The number of para-hydroxylation sites is 2. The molecular formula is C21H26N2O3. The SMILES string of the molecule is CCOc1ccccc1N1CCN(CCc2ccc3c(c2)OCO3)CC1. The second-order valence-corrected chi connectivity index (χ2v) is 6.67. The lowest BCUT2D eigenvalue weighted by molar-refractivity contribution is 0.174. The summed E-state index contributed by atoms with van der Waals surface area (Å²) in [4.78, 5) is 4.96. The van der Waals surface area contributed by atoms with E-state index in [1.165, 1.54) is 11.3 Å². The minimum atomic E-state index is 0.337. The van der Waals surface area contributed by atoms with E-state index < -0.39 is 0 Å². The lowest BCUT2D eigenvalue weighted by Gasteiger charge is -2.36. The standard InChI is InChI=1S/C21H26N2O3/c1-2-24-19-6-4-3-5-18(19)23-13-11-22(12-14-23)10-9-17-7-8-20-21(15-17)26-16-25-20/h3-8,15H,2,9-14,16H2,1H3. The van der Waals surface area contributed by atoms with Gasteiger partial charge in [-0.05, 0) is 43.2 Å². The molecule has 5 heteroatoms. The number of anilines is 1. The molecule has 0 atom stereocenters. The van der Waals surface area contributed by atoms with Gasteiger partial charge >= 0.3 is 0 Å². The Morgan fingerprint density at radius 2 is 1.77 bits per heavy atom. The molecule has 0 saturated carbocycles. The first-order valence-corrected chi connectivity index (χ1v) is 9.41. The van der Waals surface area contributed by atoms with E-state index in [2.05, 4.69) is 40.1 Å². The van der Waals surface area contributed by atoms with Crippen LogP contribution in [0.3, 0.4) is 0 Å². The van der Waals surface area contributed by atoms with Crippen molar-refractivity contribution in [2.24, 2.45) is 0 Å². The Bertz CT molecular complexity index is 742. The van der Waals surface area contributed by atoms with Crippen LogP contribution < -0.4 is 19.1 Å². The summed E-state index contributed by atoms with van der Waals surface area (Å²) < 4.78 is 16.6. The van der Waals surface area contributed by atoms with E-state index in [0.717, 1.165) is 56.4 Å². The summed E-state index contributed by atoms with van der Waals surface area (Å²) in [6.45, 7) is 8.36. The third kappa shape index (κ3) is 3.73. The number of ether oxygens (including phenoxy) is 3. The fourth-order valence-electron chi connectivity index (χ4n) is 3.59. The number of hydrogen-bond donors (Lipinski definition) is 0. The van der Waals surface area contributed by atoms with Gasteiger partial charge in [-0.25, -0.2) is 0 Å². The maximum Gasteiger partial charge on any atom is 0.231 e. The molecule has 0 aliphatic carbocycles. The van der Waals surface area contributed by atoms with Crippen LogP contribution in [-0.4, -0.2) is 51.0 Å². The van der Waals surface area contributed by atoms with E-state index in [-0.39, 0.29) is 0 Å². The molecule has 2 aromatic carbocycles. The summed E-state index contributed by atoms with van der Waals surface area (Å²) in [5.74, 6) is 2.72. The third-order valence-electron chi connectivity index (χ3n) is 5.03. The zero-order chi connectivity index (χ0) is 17.8. The first kappa shape index (κ1) is 17.0. The second kappa shape index (κ2) is 7.87. The Hall–Kier alpha value is -2.40. The van der Waals surface area contributed by atoms with Gasteiger partial charge in [-0.15, -0.1) is 0 Å². The molecule has 0 N–H and O–H groups in total. The van der Waals surface area contributed by atoms with Crippen molar-refractivity contribution in [2.45, 2.75) is 13.3 Å². The van der Waals surface area contributed by atoms with Crippen LogP contribution in [0, 0.1) is 0 Å². The van der Waals surface area contributed by atoms with E-state index in [1.54, 1.807) is 0 Å². The number of fused-ring (bicyclic) bond motifs is 1. The summed E-state index contributed by atoms with van der Waals surface area (Å²) in [5, 5.41) is 0. The van der Waals surface area contributed by atoms with E-state index in [0.29, 0.717) is 13.4 Å². The van der Waals surface area contributed by atoms with Gasteiger partial charge in [-0.3, -0.25) is 4.90 Å². The molecule has 2 aliphatic heterocycles. The van der Waals surface area contributed by atoms with Crippen molar-refractivity contribution in [3.63, 3.8) is 0 Å². The predicted molar refractivity (Wildman–Crippen MR) is 103 cm³/mol. The summed E-state index contributed by atoms with van der Waals surface area (Å²) in [7, 11) is 0. The van der Waals surface area contributed by atoms with Crippen LogP contribution >= 0.6 is 0 Å². The first-order valence-electron chi connectivity index (χ1n) is 9.41. The number of benzene rings is 2. The van der Waals surface area contributed by atoms with Gasteiger partial charge in [0.25, 0.3) is 0 Å². The normalized spacial score (nSPS) is 16.7. The van der Waals surface area contributed by atoms with Crippen molar-refractivity contribution in [2.75, 3.05) is 51.0 Å². The van der Waals surface area contributed by atoms with Crippen LogP contribution in [0.4, 0.5) is 5.69 Å². The zero-order valence-electron chi connectivity index (χ0n) is 15.3. The maximum absolute atomic E-state index is 5.78. The molecule has 26 heavy (non-hydrogen) atoms. The highest BCUT2D eigenvalue weighted by Gasteiger charge is 2.20. The van der Waals surface area contributed by atoms with Gasteiger partial charge in [-0.2, -0.15) is 0 Å². The van der Waals surface area contributed by atoms with E-state index in [9.17, 15) is 0 Å². The van der Waals surface area contributed by atoms with Gasteiger partial charge in [-0.1, -0.05) is 18.2 Å². The number of nitrogens with zero attached hydrogens (tertiary/aromatic N) is 2. The molecule has 5 nitrogen and oxygen atoms in total. The summed E-state index contributed by atoms with van der Waals surface area (Å²) in [5.41, 5.74) is 2.52. The van der Waals surface area contributed by atoms with Crippen LogP contribution in [-0.2, 0) is 6.42 Å². The Balaban J connectivity index is 1.30. The predicted octanol–water partition coefficient (Wildman–Crippen LogP) is 3.18. The van der Waals surface area contributed by atoms with E-state index >= 15 is 0 Å². The highest BCUT2D eigenvalue weighted by Crippen LogP contribution is 2.33. The van der Waals surface area contributed by atoms with E-state index in [1.807, 2.05) is 19.1 Å². The van der Waals surface area contributed by atoms with Crippen molar-refractivity contribution in [3.8, 4) is 17.2 Å². The van der Waals surface area contributed by atoms with Crippen LogP contribution in [0.5, 0.6) is 17.2 Å². The molecule has 1 fully saturated rings. The summed E-state index contributed by atoms with van der Waals surface area (Å²) in [6, 6.07) is 14.6. The Morgan fingerprint density at radius 3 is 2.62 bits per heavy atom. The fraction of sp³-hybridized carbons (Fsp3) is 0.429. The molecule has 0 unspecified atom stereocenters. The van der Waals surface area contributed by atoms with Crippen LogP contribution in [0.1, 0.15) is 12.5 Å². The molecule has 1 saturated heterocycles. The van der Waals surface area contributed by atoms with Gasteiger partial charge in [0.2, 0.25) is 6.79 Å². The highest BCUT2D eigenvalue weighted by atomic mass is 16.7. The van der Waals surface area contributed by atoms with Crippen LogP contribution in [0.25, 0.3) is 0 Å². The van der Waals surface area contributed by atoms with Gasteiger partial charge < -0.3 is 19.1 Å². The number of rotatable bonds is 6. The van der Waals surface area contributed by atoms with Crippen molar-refractivity contribution in [1.82, 2.24) is 4.90 Å². The molecule has 0 spiro atoms. The highest BCUT2D eigenvalue weighted by molar-refractivity contribution is 5.58. The molecule has 0 bridgehead atoms. The van der Waals surface area contributed by atoms with Gasteiger partial charge in [0.15, 0.2) is 11.5 Å². The minimum absolute atomic E-state index is 0.337. The van der Waals surface area contributed by atoms with Crippen molar-refractivity contribution < 1.29 is 14.2 Å². The molecule has 0 amide bonds. The average molecular weight is 354 g/mol. The quantitative estimate of drug-likeness (QED) is 0.796. The van der Waals surface area contributed by atoms with E-state index in [4.69, 9.17) is 14.2 Å². The van der Waals surface area contributed by atoms with Gasteiger partial charge in [0.1, 0.15) is 5.75 Å². The first-order chi connectivity index (χ1) is 12.8. The Labute approximate surface area is 155 Å². The smallest absolute Gasteiger partial charge is 0.231 e. The van der Waals surface area contributed by atoms with Gasteiger partial charge in [0.05, 0.1) is 12.3 Å². The zero-order valence-corrected chi connectivity index (χ0v) is 15.3. The molecule has 4 rings (SSSR count). The fourth-order valence-corrected chi connectivity index (χ4v) is 3.59. The average Bonchev–Trinajstić information content (AvgIpc) is 3.15. The summed E-state index contributed by atoms with van der Waals surface area (Å²) >= 11 is 0. The maximum atomic E-state index is 5.78. The Morgan fingerprint density at radius 1 is 0.962 bits per heavy atom. The van der Waals surface area contributed by atoms with Crippen LogP contribution in [0.15, 0.2) is 42.5 Å². The van der Waals surface area contributed by atoms with Gasteiger partial charge in [0, 0.05) is 32.7 Å². The number of piperazine rings is 1. The lowest BCUT2D eigenvalue weighted by Crippen LogP contribution is -2.47. The molecule has 2 aromatic rings. The summed E-state index contributed by atoms with van der Waals surface area (Å²) in [6.07, 6.45) is 1.03. The third-order valence-corrected chi connectivity index (χ3v) is 5.03.